The highest BCUT2D eigenvalue weighted by atomic mass is 32.2. The molecule has 0 spiro atoms. The zero-order chi connectivity index (χ0) is 18.7. The van der Waals surface area contributed by atoms with Crippen molar-refractivity contribution in [3.05, 3.63) is 18.0 Å². The zero-order valence-corrected chi connectivity index (χ0v) is 16.1. The number of ether oxygens (including phenoxy) is 1. The number of nitrogens with zero attached hydrogens (tertiary/aromatic N) is 4. The summed E-state index contributed by atoms with van der Waals surface area (Å²) in [5.41, 5.74) is 0.474. The molecule has 0 aromatic carbocycles. The van der Waals surface area contributed by atoms with Gasteiger partial charge in [0.1, 0.15) is 0 Å². The number of piperidine rings is 1. The quantitative estimate of drug-likeness (QED) is 0.742. The fourth-order valence-corrected chi connectivity index (χ4v) is 5.50. The van der Waals surface area contributed by atoms with Crippen LogP contribution in [0.15, 0.2) is 12.4 Å². The van der Waals surface area contributed by atoms with Crippen molar-refractivity contribution in [3.8, 4) is 0 Å². The summed E-state index contributed by atoms with van der Waals surface area (Å²) in [5, 5.41) is 6.82. The number of carbonyl (C=O) groups excluding carboxylic acids is 1. The lowest BCUT2D eigenvalue weighted by atomic mass is 10.1. The van der Waals surface area contributed by atoms with E-state index in [4.69, 9.17) is 4.74 Å². The molecule has 1 aromatic heterocycles. The van der Waals surface area contributed by atoms with Gasteiger partial charge < -0.3 is 10.1 Å². The molecule has 0 saturated carbocycles. The lowest BCUT2D eigenvalue weighted by Crippen LogP contribution is -2.51. The first-order valence-electron chi connectivity index (χ1n) is 8.98. The molecular formula is C16H27N5O4S. The van der Waals surface area contributed by atoms with Gasteiger partial charge in [-0.3, -0.25) is 9.48 Å². The van der Waals surface area contributed by atoms with Crippen LogP contribution in [0.25, 0.3) is 0 Å². The molecule has 146 valence electrons. The molecule has 3 heterocycles. The molecule has 2 saturated heterocycles. The number of amides is 1. The van der Waals surface area contributed by atoms with Crippen molar-refractivity contribution in [2.45, 2.75) is 37.8 Å². The van der Waals surface area contributed by atoms with Crippen LogP contribution in [0.3, 0.4) is 0 Å². The molecule has 1 atom stereocenters. The third-order valence-electron chi connectivity index (χ3n) is 5.15. The monoisotopic (exact) mass is 385 g/mol. The van der Waals surface area contributed by atoms with Gasteiger partial charge in [-0.05, 0) is 25.7 Å². The molecule has 3 rings (SSSR count). The van der Waals surface area contributed by atoms with Crippen LogP contribution in [-0.2, 0) is 22.0 Å². The van der Waals surface area contributed by atoms with Crippen molar-refractivity contribution >= 4 is 16.1 Å². The van der Waals surface area contributed by atoms with Gasteiger partial charge in [0.2, 0.25) is 0 Å². The summed E-state index contributed by atoms with van der Waals surface area (Å²) in [6.07, 6.45) is 6.26. The van der Waals surface area contributed by atoms with Crippen molar-refractivity contribution in [1.82, 2.24) is 23.7 Å². The van der Waals surface area contributed by atoms with E-state index in [0.29, 0.717) is 44.6 Å². The second-order valence-electron chi connectivity index (χ2n) is 6.86. The molecule has 26 heavy (non-hydrogen) atoms. The first-order valence-corrected chi connectivity index (χ1v) is 10.4. The van der Waals surface area contributed by atoms with E-state index in [9.17, 15) is 13.2 Å². The van der Waals surface area contributed by atoms with Crippen molar-refractivity contribution in [2.75, 3.05) is 33.3 Å². The van der Waals surface area contributed by atoms with Crippen LogP contribution in [0.1, 0.15) is 36.0 Å². The molecule has 1 amide bonds. The van der Waals surface area contributed by atoms with E-state index >= 15 is 0 Å². The van der Waals surface area contributed by atoms with Gasteiger partial charge in [0.15, 0.2) is 0 Å². The molecule has 0 radical (unpaired) electrons. The van der Waals surface area contributed by atoms with Gasteiger partial charge in [-0.2, -0.15) is 22.1 Å². The van der Waals surface area contributed by atoms with Gasteiger partial charge in [0, 0.05) is 52.6 Å². The van der Waals surface area contributed by atoms with Gasteiger partial charge in [-0.25, -0.2) is 0 Å². The topological polar surface area (TPSA) is 96.8 Å². The highest BCUT2D eigenvalue weighted by Gasteiger charge is 2.39. The highest BCUT2D eigenvalue weighted by Crippen LogP contribution is 2.25. The predicted octanol–water partition coefficient (Wildman–Crippen LogP) is -0.0301. The zero-order valence-electron chi connectivity index (χ0n) is 15.3. The van der Waals surface area contributed by atoms with Crippen LogP contribution < -0.4 is 5.32 Å². The molecule has 2 aliphatic rings. The Morgan fingerprint density at radius 3 is 2.65 bits per heavy atom. The summed E-state index contributed by atoms with van der Waals surface area (Å²) >= 11 is 0. The molecule has 2 aliphatic heterocycles. The van der Waals surface area contributed by atoms with E-state index in [0.717, 1.165) is 12.8 Å². The number of nitrogens with one attached hydrogen (secondary N) is 1. The van der Waals surface area contributed by atoms with E-state index in [1.165, 1.54) is 6.20 Å². The first-order chi connectivity index (χ1) is 12.4. The Hall–Kier alpha value is -1.49. The Morgan fingerprint density at radius 1 is 1.31 bits per heavy atom. The van der Waals surface area contributed by atoms with Crippen LogP contribution >= 0.6 is 0 Å². The molecule has 9 nitrogen and oxygen atoms in total. The standard InChI is InChI=1S/C16H27N5O4S/c1-19-12-13(10-18-19)16(22)17-11-14-4-3-7-21(14)26(23,24)20-8-5-15(25-2)6-9-20/h10,12,14-15H,3-9,11H2,1-2H3,(H,17,22). The Labute approximate surface area is 154 Å². The van der Waals surface area contributed by atoms with E-state index in [1.807, 2.05) is 0 Å². The molecule has 1 N–H and O–H groups in total. The second-order valence-corrected chi connectivity index (χ2v) is 8.74. The minimum absolute atomic E-state index is 0.134. The summed E-state index contributed by atoms with van der Waals surface area (Å²) in [5.74, 6) is -0.233. The lowest BCUT2D eigenvalue weighted by Gasteiger charge is -2.35. The predicted molar refractivity (Wildman–Crippen MR) is 95.8 cm³/mol. The van der Waals surface area contributed by atoms with Gasteiger partial charge in [0.25, 0.3) is 16.1 Å². The summed E-state index contributed by atoms with van der Waals surface area (Å²) in [7, 11) is -0.0998. The normalized spacial score (nSPS) is 23.4. The summed E-state index contributed by atoms with van der Waals surface area (Å²) < 4.78 is 36.0. The average molecular weight is 385 g/mol. The van der Waals surface area contributed by atoms with Crippen LogP contribution in [0.4, 0.5) is 0 Å². The smallest absolute Gasteiger partial charge is 0.282 e. The number of hydrogen-bond donors (Lipinski definition) is 1. The first kappa shape index (κ1) is 19.3. The third-order valence-corrected chi connectivity index (χ3v) is 7.24. The number of carbonyl (C=O) groups is 1. The SMILES string of the molecule is COC1CCN(S(=O)(=O)N2CCCC2CNC(=O)c2cnn(C)c2)CC1. The fourth-order valence-electron chi connectivity index (χ4n) is 3.61. The Morgan fingerprint density at radius 2 is 2.04 bits per heavy atom. The number of hydrogen-bond acceptors (Lipinski definition) is 5. The lowest BCUT2D eigenvalue weighted by molar-refractivity contribution is 0.0589. The van der Waals surface area contributed by atoms with E-state index in [1.54, 1.807) is 33.6 Å². The third kappa shape index (κ3) is 4.08. The maximum atomic E-state index is 13.0. The van der Waals surface area contributed by atoms with E-state index in [2.05, 4.69) is 10.4 Å². The summed E-state index contributed by atoms with van der Waals surface area (Å²) in [6, 6.07) is -0.208. The van der Waals surface area contributed by atoms with Crippen molar-refractivity contribution in [2.24, 2.45) is 7.05 Å². The van der Waals surface area contributed by atoms with Gasteiger partial charge >= 0.3 is 0 Å². The Balaban J connectivity index is 1.59. The number of rotatable bonds is 6. The second kappa shape index (κ2) is 8.03. The maximum absolute atomic E-state index is 13.0. The van der Waals surface area contributed by atoms with E-state index < -0.39 is 10.2 Å². The van der Waals surface area contributed by atoms with Crippen LogP contribution in [0, 0.1) is 0 Å². The minimum atomic E-state index is -3.51. The minimum Gasteiger partial charge on any atom is -0.381 e. The maximum Gasteiger partial charge on any atom is 0.282 e. The largest absolute Gasteiger partial charge is 0.381 e. The number of methoxy groups -OCH3 is 1. The highest BCUT2D eigenvalue weighted by molar-refractivity contribution is 7.86. The average Bonchev–Trinajstić information content (AvgIpc) is 3.29. The molecule has 1 aromatic rings. The number of aryl methyl sites for hydroxylation is 1. The number of aromatic nitrogens is 2. The molecule has 10 heteroatoms. The molecule has 2 fully saturated rings. The summed E-state index contributed by atoms with van der Waals surface area (Å²) in [6.45, 7) is 1.76. The Bertz CT molecular complexity index is 727. The van der Waals surface area contributed by atoms with Crippen LogP contribution in [-0.4, -0.2) is 78.2 Å². The molecule has 0 bridgehead atoms. The molecular weight excluding hydrogens is 358 g/mol. The van der Waals surface area contributed by atoms with Gasteiger partial charge in [0.05, 0.1) is 17.9 Å². The van der Waals surface area contributed by atoms with Crippen molar-refractivity contribution in [1.29, 1.82) is 0 Å². The van der Waals surface area contributed by atoms with Crippen LogP contribution in [0.2, 0.25) is 0 Å². The molecule has 1 unspecified atom stereocenters. The van der Waals surface area contributed by atoms with Crippen LogP contribution in [0.5, 0.6) is 0 Å². The Kier molecular flexibility index (Phi) is 5.96. The van der Waals surface area contributed by atoms with Crippen molar-refractivity contribution in [3.63, 3.8) is 0 Å². The van der Waals surface area contributed by atoms with Crippen molar-refractivity contribution < 1.29 is 17.9 Å². The molecule has 0 aliphatic carbocycles. The van der Waals surface area contributed by atoms with E-state index in [-0.39, 0.29) is 18.1 Å². The fraction of sp³-hybridized carbons (Fsp3) is 0.750. The van der Waals surface area contributed by atoms with Gasteiger partial charge in [-0.1, -0.05) is 0 Å². The van der Waals surface area contributed by atoms with Gasteiger partial charge in [-0.15, -0.1) is 0 Å². The summed E-state index contributed by atoms with van der Waals surface area (Å²) in [4.78, 5) is 12.2.